The minimum Gasteiger partial charge on any atom is -0.412 e. The predicted octanol–water partition coefficient (Wildman–Crippen LogP) is -2.82. The third-order valence-corrected chi connectivity index (χ3v) is 0. The zero-order chi connectivity index (χ0) is 3.58. The fourth-order valence-corrected chi connectivity index (χ4v) is 0. The molecule has 7 N–H and O–H groups in total. The molecule has 0 saturated carbocycles. The van der Waals surface area contributed by atoms with Crippen molar-refractivity contribution in [3.05, 3.63) is 10.1 Å². The zero-order valence-electron chi connectivity index (χ0n) is 3.92. The Morgan fingerprint density at radius 1 is 1.25 bits per heavy atom. The molecule has 0 amide bonds. The summed E-state index contributed by atoms with van der Waals surface area (Å²) in [6.45, 7) is 0. The molecule has 0 aliphatic carbocycles. The first-order chi connectivity index (χ1) is 1.73. The van der Waals surface area contributed by atoms with Crippen LogP contribution in [0.3, 0.4) is 0 Å². The topological polar surface area (TPSA) is 158 Å². The molecule has 0 atom stereocenters. The van der Waals surface area contributed by atoms with E-state index in [-0.39, 0.29) is 43.7 Å². The predicted molar refractivity (Wildman–Crippen MR) is 19.6 cm³/mol. The fourth-order valence-electron chi connectivity index (χ4n) is 0. The van der Waals surface area contributed by atoms with E-state index in [1.807, 2.05) is 0 Å². The second kappa shape index (κ2) is 28.0. The van der Waals surface area contributed by atoms with Crippen molar-refractivity contribution in [3.63, 3.8) is 0 Å². The maximum absolute atomic E-state index is 8.36. The van der Waals surface area contributed by atoms with Crippen LogP contribution in [0.5, 0.6) is 0 Å². The van der Waals surface area contributed by atoms with Crippen molar-refractivity contribution in [2.24, 2.45) is 0 Å². The van der Waals surface area contributed by atoms with Gasteiger partial charge in [0.2, 0.25) is 0 Å². The normalized spacial score (nSPS) is 3.00. The quantitative estimate of drug-likeness (QED) is 0.270. The van der Waals surface area contributed by atoms with Crippen molar-refractivity contribution in [1.82, 2.24) is 0 Å². The van der Waals surface area contributed by atoms with Crippen LogP contribution in [-0.2, 0) is 27.3 Å². The summed E-state index contributed by atoms with van der Waals surface area (Å²) in [4.78, 5) is 8.36. The van der Waals surface area contributed by atoms with Crippen LogP contribution in [-0.4, -0.2) is 26.7 Å². The Balaban J connectivity index is -0.00000000750. The standard InChI is InChI=1S/Cd.HNO3.3H2O/c;2-1(3)4;;;/h;(H,2,3,4);3*1H2. The van der Waals surface area contributed by atoms with Crippen molar-refractivity contribution >= 4 is 0 Å². The minimum atomic E-state index is -1.50. The molecule has 0 fully saturated rings. The molecule has 0 saturated heterocycles. The van der Waals surface area contributed by atoms with Gasteiger partial charge in [-0.25, -0.2) is 0 Å². The molecule has 0 spiro atoms. The van der Waals surface area contributed by atoms with E-state index in [9.17, 15) is 0 Å². The summed E-state index contributed by atoms with van der Waals surface area (Å²) >= 11 is 0. The Hall–Kier alpha value is 0.00208. The Kier molecular flexibility index (Phi) is 152. The second-order valence-corrected chi connectivity index (χ2v) is 0.238. The van der Waals surface area contributed by atoms with Gasteiger partial charge in [-0.1, -0.05) is 0 Å². The fraction of sp³-hybridized carbons (Fsp3) is 0. The minimum absolute atomic E-state index is 0. The van der Waals surface area contributed by atoms with Crippen LogP contribution < -0.4 is 0 Å². The molecule has 0 heterocycles. The second-order valence-electron chi connectivity index (χ2n) is 0.238. The molecular formula is H7CdNO6. The van der Waals surface area contributed by atoms with Gasteiger partial charge in [0.05, 0.1) is 0 Å². The maximum Gasteiger partial charge on any atom is 0.291 e. The van der Waals surface area contributed by atoms with E-state index < -0.39 is 5.09 Å². The van der Waals surface area contributed by atoms with E-state index >= 15 is 0 Å². The molecule has 7 nitrogen and oxygen atoms in total. The first-order valence-electron chi connectivity index (χ1n) is 0.565. The number of nitrogens with zero attached hydrogens (tertiary/aromatic N) is 1. The third kappa shape index (κ3) is 34800000. The van der Waals surface area contributed by atoms with Gasteiger partial charge in [0, 0.05) is 27.3 Å². The molecule has 0 aromatic carbocycles. The zero-order valence-corrected chi connectivity index (χ0v) is 7.95. The van der Waals surface area contributed by atoms with Crippen molar-refractivity contribution in [2.45, 2.75) is 0 Å². The molecule has 0 aromatic rings. The summed E-state index contributed by atoms with van der Waals surface area (Å²) in [7, 11) is 0. The van der Waals surface area contributed by atoms with Gasteiger partial charge in [0.15, 0.2) is 0 Å². The average Bonchev–Trinajstić information content (AvgIpc) is 0.811. The molecule has 0 aliphatic heterocycles. The summed E-state index contributed by atoms with van der Waals surface area (Å²) in [5.74, 6) is 0. The van der Waals surface area contributed by atoms with Crippen molar-refractivity contribution < 1.29 is 54.0 Å². The van der Waals surface area contributed by atoms with Gasteiger partial charge in [-0.05, 0) is 0 Å². The van der Waals surface area contributed by atoms with Gasteiger partial charge in [0.1, 0.15) is 0 Å². The largest absolute Gasteiger partial charge is 0.412 e. The van der Waals surface area contributed by atoms with E-state index in [1.54, 1.807) is 0 Å². The maximum atomic E-state index is 8.36. The van der Waals surface area contributed by atoms with Crippen molar-refractivity contribution in [3.8, 4) is 0 Å². The van der Waals surface area contributed by atoms with Gasteiger partial charge < -0.3 is 21.6 Å². The molecule has 0 rings (SSSR count). The SMILES string of the molecule is O.O.O.O=[N+]([O-])O.[Cd]. The van der Waals surface area contributed by atoms with Gasteiger partial charge in [-0.15, -0.1) is 10.1 Å². The van der Waals surface area contributed by atoms with Crippen LogP contribution in [0, 0.1) is 10.1 Å². The smallest absolute Gasteiger partial charge is 0.291 e. The molecular weight excluding hydrogens is 222 g/mol. The summed E-state index contributed by atoms with van der Waals surface area (Å²) < 4.78 is 0. The molecule has 8 heavy (non-hydrogen) atoms. The summed E-state index contributed by atoms with van der Waals surface area (Å²) in [5, 5.41) is 13.6. The molecule has 0 unspecified atom stereocenters. The van der Waals surface area contributed by atoms with E-state index in [0.29, 0.717) is 0 Å². The van der Waals surface area contributed by atoms with Crippen LogP contribution in [0.2, 0.25) is 0 Å². The molecule has 0 bridgehead atoms. The van der Waals surface area contributed by atoms with Crippen molar-refractivity contribution in [2.75, 3.05) is 0 Å². The summed E-state index contributed by atoms with van der Waals surface area (Å²) in [5.41, 5.74) is 0. The van der Waals surface area contributed by atoms with E-state index in [4.69, 9.17) is 15.3 Å². The van der Waals surface area contributed by atoms with Gasteiger partial charge in [0.25, 0.3) is 5.09 Å². The first kappa shape index (κ1) is 43.5. The number of hydrogen-bond donors (Lipinski definition) is 1. The molecule has 0 radical (unpaired) electrons. The molecule has 0 aliphatic rings. The summed E-state index contributed by atoms with van der Waals surface area (Å²) in [6, 6.07) is 0. The summed E-state index contributed by atoms with van der Waals surface area (Å²) in [6.07, 6.45) is 0. The molecule has 0 aromatic heterocycles. The first-order valence-corrected chi connectivity index (χ1v) is 0.565. The van der Waals surface area contributed by atoms with E-state index in [1.165, 1.54) is 0 Å². The van der Waals surface area contributed by atoms with Crippen molar-refractivity contribution in [1.29, 1.82) is 0 Å². The van der Waals surface area contributed by atoms with E-state index in [2.05, 4.69) is 0 Å². The van der Waals surface area contributed by atoms with Gasteiger partial charge in [-0.2, -0.15) is 0 Å². The molecule has 8 heteroatoms. The van der Waals surface area contributed by atoms with Gasteiger partial charge in [-0.3, -0.25) is 0 Å². The number of hydrogen-bond acceptors (Lipinski definition) is 2. The monoisotopic (exact) mass is 231 g/mol. The average molecular weight is 229 g/mol. The van der Waals surface area contributed by atoms with Gasteiger partial charge >= 0.3 is 0 Å². The Bertz CT molecular complexity index is 31.5. The Morgan fingerprint density at radius 2 is 1.25 bits per heavy atom. The van der Waals surface area contributed by atoms with Crippen LogP contribution in [0.25, 0.3) is 0 Å². The van der Waals surface area contributed by atoms with Crippen LogP contribution >= 0.6 is 0 Å². The Morgan fingerprint density at radius 3 is 1.25 bits per heavy atom. The Labute approximate surface area is 64.5 Å². The van der Waals surface area contributed by atoms with Crippen LogP contribution in [0.15, 0.2) is 0 Å². The van der Waals surface area contributed by atoms with Crippen LogP contribution in [0.1, 0.15) is 0 Å². The van der Waals surface area contributed by atoms with E-state index in [0.717, 1.165) is 0 Å². The van der Waals surface area contributed by atoms with Crippen LogP contribution in [0.4, 0.5) is 0 Å². The number of rotatable bonds is 0. The third-order valence-electron chi connectivity index (χ3n) is 0. The molecule has 50 valence electrons.